The fraction of sp³-hybridized carbons (Fsp3) is 0.750. The van der Waals surface area contributed by atoms with Crippen molar-refractivity contribution in [2.75, 3.05) is 26.3 Å². The number of piperazine rings is 1. The lowest BCUT2D eigenvalue weighted by Crippen LogP contribution is -2.58. The van der Waals surface area contributed by atoms with Crippen LogP contribution in [0.15, 0.2) is 0 Å². The van der Waals surface area contributed by atoms with Crippen molar-refractivity contribution in [2.45, 2.75) is 12.5 Å². The predicted molar refractivity (Wildman–Crippen MR) is 47.3 cm³/mol. The van der Waals surface area contributed by atoms with E-state index in [1.165, 1.54) is 4.90 Å². The van der Waals surface area contributed by atoms with Crippen LogP contribution in [-0.2, 0) is 9.59 Å². The first-order valence-electron chi connectivity index (χ1n) is 4.49. The first-order chi connectivity index (χ1) is 6.69. The molecule has 1 fully saturated rings. The molecule has 3 N–H and O–H groups in total. The van der Waals surface area contributed by atoms with Crippen LogP contribution >= 0.6 is 0 Å². The van der Waals surface area contributed by atoms with Gasteiger partial charge in [-0.25, -0.2) is 0 Å². The number of carbonyl (C=O) groups is 2. The summed E-state index contributed by atoms with van der Waals surface area (Å²) in [7, 11) is 0. The van der Waals surface area contributed by atoms with Gasteiger partial charge in [0.15, 0.2) is 0 Å². The molecule has 0 bridgehead atoms. The lowest BCUT2D eigenvalue weighted by molar-refractivity contribution is -0.145. The molecule has 1 aliphatic heterocycles. The Labute approximate surface area is 81.5 Å². The highest BCUT2D eigenvalue weighted by Crippen LogP contribution is 2.04. The van der Waals surface area contributed by atoms with Gasteiger partial charge in [0.25, 0.3) is 0 Å². The molecule has 0 aromatic rings. The molecule has 2 amide bonds. The van der Waals surface area contributed by atoms with Crippen molar-refractivity contribution in [3.8, 4) is 0 Å². The molecule has 1 heterocycles. The smallest absolute Gasteiger partial charge is 0.245 e. The van der Waals surface area contributed by atoms with Gasteiger partial charge in [-0.15, -0.1) is 0 Å². The Morgan fingerprint density at radius 2 is 2.07 bits per heavy atom. The summed E-state index contributed by atoms with van der Waals surface area (Å²) in [5.74, 6) is -0.496. The molecule has 80 valence electrons. The molecule has 1 unspecified atom stereocenters. The van der Waals surface area contributed by atoms with Gasteiger partial charge in [0.1, 0.15) is 6.04 Å². The van der Waals surface area contributed by atoms with E-state index in [0.717, 1.165) is 0 Å². The largest absolute Gasteiger partial charge is 0.396 e. The van der Waals surface area contributed by atoms with Crippen molar-refractivity contribution < 1.29 is 19.8 Å². The Hall–Kier alpha value is -1.14. The fourth-order valence-electron chi connectivity index (χ4n) is 1.41. The minimum Gasteiger partial charge on any atom is -0.396 e. The standard InChI is InChI=1S/C8H14N2O4/c11-3-1-6-8(14)10(2-4-12)5-7(13)9-6/h6,11-12H,1-5H2,(H,9,13). The van der Waals surface area contributed by atoms with Crippen molar-refractivity contribution in [2.24, 2.45) is 0 Å². The molecule has 1 saturated heterocycles. The lowest BCUT2D eigenvalue weighted by Gasteiger charge is -2.31. The maximum absolute atomic E-state index is 11.5. The molecule has 0 radical (unpaired) electrons. The van der Waals surface area contributed by atoms with Gasteiger partial charge in [0.2, 0.25) is 11.8 Å². The molecular formula is C8H14N2O4. The quantitative estimate of drug-likeness (QED) is 0.477. The van der Waals surface area contributed by atoms with Crippen molar-refractivity contribution >= 4 is 11.8 Å². The lowest BCUT2D eigenvalue weighted by atomic mass is 10.1. The number of aliphatic hydroxyl groups excluding tert-OH is 2. The van der Waals surface area contributed by atoms with E-state index in [4.69, 9.17) is 10.2 Å². The van der Waals surface area contributed by atoms with E-state index >= 15 is 0 Å². The highest BCUT2D eigenvalue weighted by atomic mass is 16.3. The summed E-state index contributed by atoms with van der Waals surface area (Å²) in [6, 6.07) is -0.646. The second-order valence-electron chi connectivity index (χ2n) is 3.12. The van der Waals surface area contributed by atoms with Gasteiger partial charge in [-0.2, -0.15) is 0 Å². The SMILES string of the molecule is O=C1CN(CCO)C(=O)C(CCO)N1. The molecule has 1 atom stereocenters. The maximum Gasteiger partial charge on any atom is 0.245 e. The number of amides is 2. The number of hydrogen-bond donors (Lipinski definition) is 3. The molecule has 6 heteroatoms. The third-order valence-electron chi connectivity index (χ3n) is 2.07. The van der Waals surface area contributed by atoms with Crippen LogP contribution in [0.5, 0.6) is 0 Å². The van der Waals surface area contributed by atoms with Crippen molar-refractivity contribution in [1.82, 2.24) is 10.2 Å². The van der Waals surface area contributed by atoms with E-state index in [1.54, 1.807) is 0 Å². The molecule has 0 aliphatic carbocycles. The van der Waals surface area contributed by atoms with Gasteiger partial charge < -0.3 is 20.4 Å². The number of nitrogens with one attached hydrogen (secondary N) is 1. The first kappa shape index (κ1) is 10.9. The maximum atomic E-state index is 11.5. The number of hydrogen-bond acceptors (Lipinski definition) is 4. The zero-order valence-electron chi connectivity index (χ0n) is 7.77. The van der Waals surface area contributed by atoms with Crippen LogP contribution < -0.4 is 5.32 Å². The van der Waals surface area contributed by atoms with E-state index in [9.17, 15) is 9.59 Å². The summed E-state index contributed by atoms with van der Waals surface area (Å²) >= 11 is 0. The third kappa shape index (κ3) is 2.43. The summed E-state index contributed by atoms with van der Waals surface area (Å²) in [5.41, 5.74) is 0. The molecule has 0 saturated carbocycles. The summed E-state index contributed by atoms with van der Waals surface area (Å²) in [5, 5.41) is 19.8. The predicted octanol–water partition coefficient (Wildman–Crippen LogP) is -2.31. The van der Waals surface area contributed by atoms with Crippen LogP contribution in [0.2, 0.25) is 0 Å². The summed E-state index contributed by atoms with van der Waals surface area (Å²) < 4.78 is 0. The van der Waals surface area contributed by atoms with Gasteiger partial charge in [-0.1, -0.05) is 0 Å². The van der Waals surface area contributed by atoms with Crippen LogP contribution in [0.1, 0.15) is 6.42 Å². The fourth-order valence-corrected chi connectivity index (χ4v) is 1.41. The summed E-state index contributed by atoms with van der Waals surface area (Å²) in [4.78, 5) is 23.9. The van der Waals surface area contributed by atoms with Crippen LogP contribution in [-0.4, -0.2) is 59.3 Å². The van der Waals surface area contributed by atoms with E-state index in [-0.39, 0.29) is 44.5 Å². The molecule has 0 spiro atoms. The third-order valence-corrected chi connectivity index (χ3v) is 2.07. The number of nitrogens with zero attached hydrogens (tertiary/aromatic N) is 1. The van der Waals surface area contributed by atoms with Crippen molar-refractivity contribution in [3.05, 3.63) is 0 Å². The average Bonchev–Trinajstić information content (AvgIpc) is 2.14. The molecule has 0 aromatic carbocycles. The molecule has 1 aliphatic rings. The Morgan fingerprint density at radius 3 is 2.64 bits per heavy atom. The Bertz CT molecular complexity index is 211. The second kappa shape index (κ2) is 4.92. The Balaban J connectivity index is 2.60. The zero-order chi connectivity index (χ0) is 10.6. The Kier molecular flexibility index (Phi) is 3.84. The molecular weight excluding hydrogens is 188 g/mol. The number of β-amino-alcohol motifs (C(OH)–C–C–N with tert-alkyl or cyclic N) is 1. The van der Waals surface area contributed by atoms with E-state index in [0.29, 0.717) is 0 Å². The van der Waals surface area contributed by atoms with Gasteiger partial charge in [0, 0.05) is 13.2 Å². The minimum absolute atomic E-state index is 0.0126. The summed E-state index contributed by atoms with van der Waals surface area (Å²) in [6.45, 7) is -0.163. The topological polar surface area (TPSA) is 89.9 Å². The monoisotopic (exact) mass is 202 g/mol. The molecule has 14 heavy (non-hydrogen) atoms. The Morgan fingerprint density at radius 1 is 1.36 bits per heavy atom. The van der Waals surface area contributed by atoms with E-state index < -0.39 is 6.04 Å². The van der Waals surface area contributed by atoms with E-state index in [1.807, 2.05) is 0 Å². The van der Waals surface area contributed by atoms with Crippen LogP contribution in [0.4, 0.5) is 0 Å². The van der Waals surface area contributed by atoms with Crippen LogP contribution in [0.25, 0.3) is 0 Å². The number of rotatable bonds is 4. The number of carbonyl (C=O) groups excluding carboxylic acids is 2. The van der Waals surface area contributed by atoms with Crippen molar-refractivity contribution in [3.63, 3.8) is 0 Å². The molecule has 1 rings (SSSR count). The average molecular weight is 202 g/mol. The van der Waals surface area contributed by atoms with Gasteiger partial charge in [0.05, 0.1) is 13.2 Å². The van der Waals surface area contributed by atoms with Crippen LogP contribution in [0, 0.1) is 0 Å². The van der Waals surface area contributed by atoms with E-state index in [2.05, 4.69) is 5.32 Å². The van der Waals surface area contributed by atoms with Crippen molar-refractivity contribution in [1.29, 1.82) is 0 Å². The first-order valence-corrected chi connectivity index (χ1v) is 4.49. The molecule has 0 aromatic heterocycles. The highest BCUT2D eigenvalue weighted by Gasteiger charge is 2.31. The second-order valence-corrected chi connectivity index (χ2v) is 3.12. The normalized spacial score (nSPS) is 22.4. The number of aliphatic hydroxyl groups is 2. The van der Waals surface area contributed by atoms with Gasteiger partial charge in [-0.05, 0) is 6.42 Å². The minimum atomic E-state index is -0.646. The summed E-state index contributed by atoms with van der Waals surface area (Å²) in [6.07, 6.45) is 0.215. The highest BCUT2D eigenvalue weighted by molar-refractivity contribution is 5.94. The van der Waals surface area contributed by atoms with Crippen LogP contribution in [0.3, 0.4) is 0 Å². The van der Waals surface area contributed by atoms with Gasteiger partial charge >= 0.3 is 0 Å². The van der Waals surface area contributed by atoms with Gasteiger partial charge in [-0.3, -0.25) is 9.59 Å². The molecule has 6 nitrogen and oxygen atoms in total. The zero-order valence-corrected chi connectivity index (χ0v) is 7.77.